The molecular weight excluding hydrogens is 144 g/mol. The number of hydrogen-bond donors (Lipinski definition) is 1. The largest absolute Gasteiger partial charge is 0.501 e. The molecular formula is C8H10O3. The molecule has 0 unspecified atom stereocenters. The van der Waals surface area contributed by atoms with Crippen molar-refractivity contribution >= 4 is 5.97 Å². The molecule has 0 fully saturated rings. The number of ether oxygens (including phenoxy) is 1. The van der Waals surface area contributed by atoms with Gasteiger partial charge in [-0.2, -0.15) is 0 Å². The molecule has 0 aromatic heterocycles. The Hall–Kier alpha value is -1.25. The van der Waals surface area contributed by atoms with Crippen molar-refractivity contribution in [2.24, 2.45) is 0 Å². The summed E-state index contributed by atoms with van der Waals surface area (Å²) in [6.45, 7) is 4.11. The van der Waals surface area contributed by atoms with E-state index in [1.54, 1.807) is 0 Å². The Morgan fingerprint density at radius 2 is 2.45 bits per heavy atom. The van der Waals surface area contributed by atoms with Gasteiger partial charge >= 0.3 is 5.97 Å². The first-order valence-corrected chi connectivity index (χ1v) is 3.45. The second-order valence-corrected chi connectivity index (χ2v) is 2.40. The fourth-order valence-corrected chi connectivity index (χ4v) is 0.924. The zero-order valence-electron chi connectivity index (χ0n) is 6.17. The van der Waals surface area contributed by atoms with Gasteiger partial charge in [-0.15, -0.1) is 0 Å². The van der Waals surface area contributed by atoms with E-state index in [4.69, 9.17) is 9.84 Å². The minimum Gasteiger partial charge on any atom is -0.501 e. The molecule has 0 aromatic carbocycles. The molecule has 60 valence electrons. The van der Waals surface area contributed by atoms with Crippen LogP contribution in [0.1, 0.15) is 12.8 Å². The Morgan fingerprint density at radius 3 is 2.91 bits per heavy atom. The summed E-state index contributed by atoms with van der Waals surface area (Å²) < 4.78 is 4.97. The topological polar surface area (TPSA) is 46.5 Å². The predicted molar refractivity (Wildman–Crippen MR) is 40.0 cm³/mol. The van der Waals surface area contributed by atoms with Crippen LogP contribution < -0.4 is 0 Å². The van der Waals surface area contributed by atoms with E-state index in [1.807, 2.05) is 0 Å². The van der Waals surface area contributed by atoms with Crippen LogP contribution in [0.4, 0.5) is 0 Å². The van der Waals surface area contributed by atoms with E-state index in [-0.39, 0.29) is 5.57 Å². The molecule has 0 atom stereocenters. The average Bonchev–Trinajstić information content (AvgIpc) is 2.05. The standard InChI is InChI=1S/C8H10O3/c1-6(8(9)10)7-3-2-4-11-5-7/h5H,1-4H2,(H,9,10). The lowest BCUT2D eigenvalue weighted by Gasteiger charge is -2.12. The lowest BCUT2D eigenvalue weighted by atomic mass is 10.0. The van der Waals surface area contributed by atoms with Gasteiger partial charge in [-0.05, 0) is 12.8 Å². The quantitative estimate of drug-likeness (QED) is 0.610. The molecule has 3 nitrogen and oxygen atoms in total. The SMILES string of the molecule is C=C(C(=O)O)C1=COCCC1. The molecule has 3 heteroatoms. The fraction of sp³-hybridized carbons (Fsp3) is 0.375. The Kier molecular flexibility index (Phi) is 2.31. The van der Waals surface area contributed by atoms with E-state index in [0.717, 1.165) is 12.8 Å². The number of hydrogen-bond acceptors (Lipinski definition) is 2. The number of carboxylic acid groups (broad SMARTS) is 1. The number of carbonyl (C=O) groups is 1. The van der Waals surface area contributed by atoms with E-state index in [2.05, 4.69) is 6.58 Å². The first-order valence-electron chi connectivity index (χ1n) is 3.45. The predicted octanol–water partition coefficient (Wildman–Crippen LogP) is 1.32. The first kappa shape index (κ1) is 7.85. The van der Waals surface area contributed by atoms with Crippen molar-refractivity contribution in [1.82, 2.24) is 0 Å². The molecule has 1 rings (SSSR count). The van der Waals surface area contributed by atoms with Gasteiger partial charge in [0.15, 0.2) is 0 Å². The summed E-state index contributed by atoms with van der Waals surface area (Å²) in [5.41, 5.74) is 0.841. The van der Waals surface area contributed by atoms with Gasteiger partial charge in [0, 0.05) is 5.57 Å². The van der Waals surface area contributed by atoms with Crippen molar-refractivity contribution in [2.75, 3.05) is 6.61 Å². The van der Waals surface area contributed by atoms with E-state index in [9.17, 15) is 4.79 Å². The van der Waals surface area contributed by atoms with Crippen LogP contribution in [0.15, 0.2) is 24.0 Å². The highest BCUT2D eigenvalue weighted by Crippen LogP contribution is 2.18. The Balaban J connectivity index is 2.66. The normalized spacial score (nSPS) is 16.5. The van der Waals surface area contributed by atoms with Gasteiger partial charge in [0.2, 0.25) is 0 Å². The summed E-state index contributed by atoms with van der Waals surface area (Å²) in [5.74, 6) is -0.971. The second-order valence-electron chi connectivity index (χ2n) is 2.40. The molecule has 1 aliphatic rings. The van der Waals surface area contributed by atoms with E-state index in [1.165, 1.54) is 6.26 Å². The maximum Gasteiger partial charge on any atom is 0.335 e. The minimum absolute atomic E-state index is 0.143. The van der Waals surface area contributed by atoms with Crippen LogP contribution in [0, 0.1) is 0 Å². The molecule has 1 heterocycles. The van der Waals surface area contributed by atoms with Crippen LogP contribution in [-0.2, 0) is 9.53 Å². The fourth-order valence-electron chi connectivity index (χ4n) is 0.924. The van der Waals surface area contributed by atoms with Crippen LogP contribution in [0.2, 0.25) is 0 Å². The molecule has 0 spiro atoms. The third kappa shape index (κ3) is 1.83. The number of rotatable bonds is 2. The van der Waals surface area contributed by atoms with Crippen molar-refractivity contribution < 1.29 is 14.6 Å². The molecule has 1 N–H and O–H groups in total. The van der Waals surface area contributed by atoms with Crippen LogP contribution in [0.3, 0.4) is 0 Å². The van der Waals surface area contributed by atoms with Gasteiger partial charge in [-0.1, -0.05) is 6.58 Å². The van der Waals surface area contributed by atoms with Crippen LogP contribution in [0.5, 0.6) is 0 Å². The number of carboxylic acids is 1. The Morgan fingerprint density at radius 1 is 1.73 bits per heavy atom. The Labute approximate surface area is 65.0 Å². The van der Waals surface area contributed by atoms with E-state index in [0.29, 0.717) is 12.2 Å². The summed E-state index contributed by atoms with van der Waals surface area (Å²) in [6, 6.07) is 0. The lowest BCUT2D eigenvalue weighted by molar-refractivity contribution is -0.132. The number of aliphatic carboxylic acids is 1. The average molecular weight is 154 g/mol. The molecule has 0 bridgehead atoms. The van der Waals surface area contributed by atoms with Crippen molar-refractivity contribution in [3.05, 3.63) is 24.0 Å². The van der Waals surface area contributed by atoms with E-state index < -0.39 is 5.97 Å². The zero-order valence-corrected chi connectivity index (χ0v) is 6.17. The van der Waals surface area contributed by atoms with Crippen LogP contribution >= 0.6 is 0 Å². The van der Waals surface area contributed by atoms with Gasteiger partial charge in [0.25, 0.3) is 0 Å². The molecule has 0 saturated carbocycles. The molecule has 0 aliphatic carbocycles. The van der Waals surface area contributed by atoms with Crippen molar-refractivity contribution in [3.63, 3.8) is 0 Å². The molecule has 0 aromatic rings. The highest BCUT2D eigenvalue weighted by Gasteiger charge is 2.12. The molecule has 11 heavy (non-hydrogen) atoms. The highest BCUT2D eigenvalue weighted by atomic mass is 16.5. The van der Waals surface area contributed by atoms with Crippen molar-refractivity contribution in [1.29, 1.82) is 0 Å². The summed E-state index contributed by atoms with van der Waals surface area (Å²) in [7, 11) is 0. The van der Waals surface area contributed by atoms with Gasteiger partial charge in [0.1, 0.15) is 0 Å². The third-order valence-corrected chi connectivity index (χ3v) is 1.58. The van der Waals surface area contributed by atoms with Gasteiger partial charge in [-0.25, -0.2) is 4.79 Å². The summed E-state index contributed by atoms with van der Waals surface area (Å²) in [4.78, 5) is 10.4. The third-order valence-electron chi connectivity index (χ3n) is 1.58. The first-order chi connectivity index (χ1) is 5.22. The Bertz CT molecular complexity index is 215. The summed E-state index contributed by atoms with van der Waals surface area (Å²) in [5, 5.41) is 8.54. The van der Waals surface area contributed by atoms with E-state index >= 15 is 0 Å². The van der Waals surface area contributed by atoms with Crippen LogP contribution in [-0.4, -0.2) is 17.7 Å². The van der Waals surface area contributed by atoms with Gasteiger partial charge in [-0.3, -0.25) is 0 Å². The molecule has 0 amide bonds. The lowest BCUT2D eigenvalue weighted by Crippen LogP contribution is -2.07. The smallest absolute Gasteiger partial charge is 0.335 e. The molecule has 1 aliphatic heterocycles. The van der Waals surface area contributed by atoms with Gasteiger partial charge in [0.05, 0.1) is 18.4 Å². The maximum absolute atomic E-state index is 10.4. The molecule has 0 saturated heterocycles. The van der Waals surface area contributed by atoms with Gasteiger partial charge < -0.3 is 9.84 Å². The molecule has 0 radical (unpaired) electrons. The highest BCUT2D eigenvalue weighted by molar-refractivity contribution is 5.90. The maximum atomic E-state index is 10.4. The monoisotopic (exact) mass is 154 g/mol. The van der Waals surface area contributed by atoms with Crippen LogP contribution in [0.25, 0.3) is 0 Å². The zero-order chi connectivity index (χ0) is 8.27. The summed E-state index contributed by atoms with van der Waals surface area (Å²) >= 11 is 0. The second kappa shape index (κ2) is 3.23. The summed E-state index contributed by atoms with van der Waals surface area (Å²) in [6.07, 6.45) is 3.11. The van der Waals surface area contributed by atoms with Crippen molar-refractivity contribution in [3.8, 4) is 0 Å². The minimum atomic E-state index is -0.971. The van der Waals surface area contributed by atoms with Crippen molar-refractivity contribution in [2.45, 2.75) is 12.8 Å².